The van der Waals surface area contributed by atoms with Crippen LogP contribution in [0.4, 0.5) is 11.5 Å². The molecule has 0 saturated heterocycles. The van der Waals surface area contributed by atoms with E-state index in [-0.39, 0.29) is 5.91 Å². The molecule has 1 aliphatic carbocycles. The summed E-state index contributed by atoms with van der Waals surface area (Å²) in [4.78, 5) is 21.7. The number of benzene rings is 1. The van der Waals surface area contributed by atoms with Crippen molar-refractivity contribution >= 4 is 23.1 Å². The smallest absolute Gasteiger partial charge is 0.259 e. The lowest BCUT2D eigenvalue weighted by molar-refractivity contribution is 0.102. The Hall–Kier alpha value is -3.74. The molecule has 3 aromatic heterocycles. The van der Waals surface area contributed by atoms with Gasteiger partial charge < -0.3 is 10.6 Å². The van der Waals surface area contributed by atoms with Crippen LogP contribution in [0.2, 0.25) is 0 Å². The molecule has 0 spiro atoms. The minimum absolute atomic E-state index is 0.248. The number of nitrogens with zero attached hydrogens (tertiary/aromatic N) is 4. The highest BCUT2D eigenvalue weighted by atomic mass is 16.1. The van der Waals surface area contributed by atoms with Gasteiger partial charge in [-0.15, -0.1) is 0 Å². The Morgan fingerprint density at radius 2 is 1.93 bits per heavy atom. The maximum absolute atomic E-state index is 13.1. The van der Waals surface area contributed by atoms with Crippen molar-refractivity contribution in [3.63, 3.8) is 0 Å². The molecule has 1 fully saturated rings. The number of hydrogen-bond donors (Lipinski definition) is 2. The fraction of sp³-hybridized carbons (Fsp3) is 0.182. The summed E-state index contributed by atoms with van der Waals surface area (Å²) in [5.41, 5.74) is 3.56. The molecular formula is C22H20N6O. The average molecular weight is 384 g/mol. The van der Waals surface area contributed by atoms with Crippen LogP contribution < -0.4 is 10.6 Å². The van der Waals surface area contributed by atoms with Crippen LogP contribution in [0.1, 0.15) is 23.2 Å². The Balaban J connectivity index is 1.44. The van der Waals surface area contributed by atoms with Crippen LogP contribution in [-0.2, 0) is 0 Å². The van der Waals surface area contributed by atoms with E-state index in [4.69, 9.17) is 0 Å². The highest BCUT2D eigenvalue weighted by molar-refractivity contribution is 6.09. The van der Waals surface area contributed by atoms with E-state index in [1.807, 2.05) is 36.4 Å². The average Bonchev–Trinajstić information content (AvgIpc) is 3.51. The molecule has 5 rings (SSSR count). The van der Waals surface area contributed by atoms with E-state index < -0.39 is 0 Å². The summed E-state index contributed by atoms with van der Waals surface area (Å²) < 4.78 is 1.68. The molecule has 29 heavy (non-hydrogen) atoms. The zero-order valence-corrected chi connectivity index (χ0v) is 15.7. The van der Waals surface area contributed by atoms with E-state index in [9.17, 15) is 4.79 Å². The predicted molar refractivity (Wildman–Crippen MR) is 112 cm³/mol. The zero-order valence-electron chi connectivity index (χ0n) is 15.7. The normalized spacial score (nSPS) is 13.4. The van der Waals surface area contributed by atoms with Gasteiger partial charge in [0, 0.05) is 24.5 Å². The van der Waals surface area contributed by atoms with E-state index in [1.165, 1.54) is 12.8 Å². The molecule has 3 heterocycles. The van der Waals surface area contributed by atoms with Gasteiger partial charge in [0.25, 0.3) is 5.91 Å². The summed E-state index contributed by atoms with van der Waals surface area (Å²) in [7, 11) is 0. The Morgan fingerprint density at radius 3 is 2.76 bits per heavy atom. The first-order valence-corrected chi connectivity index (χ1v) is 9.67. The molecule has 0 aliphatic heterocycles. The summed E-state index contributed by atoms with van der Waals surface area (Å²) in [6, 6.07) is 13.5. The minimum atomic E-state index is -0.248. The van der Waals surface area contributed by atoms with Crippen molar-refractivity contribution in [2.75, 3.05) is 17.2 Å². The van der Waals surface area contributed by atoms with Crippen molar-refractivity contribution in [3.05, 3.63) is 72.8 Å². The third kappa shape index (κ3) is 3.54. The Bertz CT molecular complexity index is 1170. The molecule has 0 atom stereocenters. The fourth-order valence-corrected chi connectivity index (χ4v) is 3.32. The molecule has 0 bridgehead atoms. The Labute approximate surface area is 167 Å². The van der Waals surface area contributed by atoms with Gasteiger partial charge in [0.05, 0.1) is 23.6 Å². The molecule has 1 aliphatic rings. The first kappa shape index (κ1) is 17.4. The first-order valence-electron chi connectivity index (χ1n) is 9.67. The number of nitrogens with one attached hydrogen (secondary N) is 2. The second kappa shape index (κ2) is 7.35. The molecule has 0 radical (unpaired) electrons. The summed E-state index contributed by atoms with van der Waals surface area (Å²) in [5, 5.41) is 10.7. The molecule has 144 valence electrons. The second-order valence-electron chi connectivity index (χ2n) is 7.19. The SMILES string of the molecule is O=C(Nc1cnccc1-c1ccccc1)c1ccnn2c(NCC3CC3)cnc12. The lowest BCUT2D eigenvalue weighted by atomic mass is 10.1. The molecule has 1 saturated carbocycles. The number of hydrogen-bond acceptors (Lipinski definition) is 5. The largest absolute Gasteiger partial charge is 0.368 e. The van der Waals surface area contributed by atoms with Crippen LogP contribution in [0, 0.1) is 5.92 Å². The number of aromatic nitrogens is 4. The number of anilines is 2. The molecule has 1 aromatic carbocycles. The van der Waals surface area contributed by atoms with Gasteiger partial charge in [0.15, 0.2) is 5.65 Å². The van der Waals surface area contributed by atoms with Crippen LogP contribution in [0.15, 0.2) is 67.3 Å². The number of pyridine rings is 1. The number of amides is 1. The number of carbonyl (C=O) groups is 1. The van der Waals surface area contributed by atoms with Crippen molar-refractivity contribution in [2.45, 2.75) is 12.8 Å². The first-order chi connectivity index (χ1) is 14.3. The summed E-state index contributed by atoms with van der Waals surface area (Å²) >= 11 is 0. The number of carbonyl (C=O) groups excluding carboxylic acids is 1. The molecular weight excluding hydrogens is 364 g/mol. The fourth-order valence-electron chi connectivity index (χ4n) is 3.32. The van der Waals surface area contributed by atoms with Gasteiger partial charge in [-0.05, 0) is 36.5 Å². The topological polar surface area (TPSA) is 84.2 Å². The lowest BCUT2D eigenvalue weighted by Gasteiger charge is -2.11. The van der Waals surface area contributed by atoms with Crippen molar-refractivity contribution in [3.8, 4) is 11.1 Å². The van der Waals surface area contributed by atoms with Gasteiger partial charge in [0.2, 0.25) is 0 Å². The highest BCUT2D eigenvalue weighted by Crippen LogP contribution is 2.29. The van der Waals surface area contributed by atoms with Gasteiger partial charge in [0.1, 0.15) is 5.82 Å². The summed E-state index contributed by atoms with van der Waals surface area (Å²) in [6.45, 7) is 0.905. The lowest BCUT2D eigenvalue weighted by Crippen LogP contribution is -2.15. The maximum atomic E-state index is 13.1. The van der Waals surface area contributed by atoms with Crippen LogP contribution in [0.3, 0.4) is 0 Å². The van der Waals surface area contributed by atoms with Gasteiger partial charge in [-0.2, -0.15) is 9.61 Å². The van der Waals surface area contributed by atoms with Gasteiger partial charge in [-0.3, -0.25) is 9.78 Å². The molecule has 2 N–H and O–H groups in total. The Morgan fingerprint density at radius 1 is 1.07 bits per heavy atom. The molecule has 0 unspecified atom stereocenters. The van der Waals surface area contributed by atoms with Crippen LogP contribution >= 0.6 is 0 Å². The van der Waals surface area contributed by atoms with Gasteiger partial charge >= 0.3 is 0 Å². The van der Waals surface area contributed by atoms with Crippen molar-refractivity contribution in [2.24, 2.45) is 5.92 Å². The van der Waals surface area contributed by atoms with Crippen LogP contribution in [0.25, 0.3) is 16.8 Å². The monoisotopic (exact) mass is 384 g/mol. The van der Waals surface area contributed by atoms with Crippen molar-refractivity contribution in [1.29, 1.82) is 0 Å². The summed E-state index contributed by atoms with van der Waals surface area (Å²) in [5.74, 6) is 1.28. The van der Waals surface area contributed by atoms with E-state index in [2.05, 4.69) is 25.7 Å². The minimum Gasteiger partial charge on any atom is -0.368 e. The van der Waals surface area contributed by atoms with Gasteiger partial charge in [-0.25, -0.2) is 4.98 Å². The molecule has 4 aromatic rings. The third-order valence-electron chi connectivity index (χ3n) is 5.07. The second-order valence-corrected chi connectivity index (χ2v) is 7.19. The van der Waals surface area contributed by atoms with E-state index >= 15 is 0 Å². The van der Waals surface area contributed by atoms with E-state index in [1.54, 1.807) is 35.4 Å². The third-order valence-corrected chi connectivity index (χ3v) is 5.07. The Kier molecular flexibility index (Phi) is 4.40. The standard InChI is InChI=1S/C22H20N6O/c29-22(27-19-13-23-10-8-17(19)16-4-2-1-3-5-16)18-9-11-26-28-20(14-25-21(18)28)24-12-15-6-7-15/h1-5,8-11,13-15,24H,6-7,12H2,(H,27,29). The van der Waals surface area contributed by atoms with Crippen LogP contribution in [-0.4, -0.2) is 32.0 Å². The van der Waals surface area contributed by atoms with Gasteiger partial charge in [-0.1, -0.05) is 30.3 Å². The number of imidazole rings is 1. The molecule has 7 heteroatoms. The number of fused-ring (bicyclic) bond motifs is 1. The molecule has 1 amide bonds. The quantitative estimate of drug-likeness (QED) is 0.527. The zero-order chi connectivity index (χ0) is 19.6. The number of rotatable bonds is 6. The van der Waals surface area contributed by atoms with Crippen molar-refractivity contribution < 1.29 is 4.79 Å². The maximum Gasteiger partial charge on any atom is 0.259 e. The van der Waals surface area contributed by atoms with E-state index in [0.29, 0.717) is 16.9 Å². The van der Waals surface area contributed by atoms with E-state index in [0.717, 1.165) is 29.4 Å². The predicted octanol–water partition coefficient (Wildman–Crippen LogP) is 3.87. The van der Waals surface area contributed by atoms with Crippen LogP contribution in [0.5, 0.6) is 0 Å². The summed E-state index contributed by atoms with van der Waals surface area (Å²) in [6.07, 6.45) is 9.25. The molecule has 7 nitrogen and oxygen atoms in total. The highest BCUT2D eigenvalue weighted by Gasteiger charge is 2.22. The van der Waals surface area contributed by atoms with Crippen molar-refractivity contribution in [1.82, 2.24) is 19.6 Å².